The molecule has 0 bridgehead atoms. The molecule has 1 fully saturated rings. The van der Waals surface area contributed by atoms with E-state index in [2.05, 4.69) is 47.5 Å². The van der Waals surface area contributed by atoms with E-state index < -0.39 is 0 Å². The number of piperidine rings is 1. The van der Waals surface area contributed by atoms with Crippen LogP contribution in [-0.2, 0) is 11.3 Å². The Kier molecular flexibility index (Phi) is 7.28. The Labute approximate surface area is 146 Å². The Morgan fingerprint density at radius 2 is 2.00 bits per heavy atom. The summed E-state index contributed by atoms with van der Waals surface area (Å²) in [6.45, 7) is 12.7. The van der Waals surface area contributed by atoms with Gasteiger partial charge in [0.1, 0.15) is 5.82 Å². The molecule has 0 aromatic carbocycles. The molecule has 5 nitrogen and oxygen atoms in total. The third-order valence-corrected chi connectivity index (χ3v) is 5.02. The number of likely N-dealkylation sites (tertiary alicyclic amines) is 1. The van der Waals surface area contributed by atoms with E-state index in [0.717, 1.165) is 51.3 Å². The third kappa shape index (κ3) is 5.62. The summed E-state index contributed by atoms with van der Waals surface area (Å²) in [5.41, 5.74) is 0. The van der Waals surface area contributed by atoms with Crippen molar-refractivity contribution < 1.29 is 4.79 Å². The van der Waals surface area contributed by atoms with Gasteiger partial charge in [-0.15, -0.1) is 0 Å². The maximum atomic E-state index is 12.1. The van der Waals surface area contributed by atoms with E-state index in [9.17, 15) is 4.79 Å². The summed E-state index contributed by atoms with van der Waals surface area (Å²) in [7, 11) is 0. The largest absolute Gasteiger partial charge is 0.356 e. The highest BCUT2D eigenvalue weighted by atomic mass is 16.1. The number of carbonyl (C=O) groups is 1. The number of carbonyl (C=O) groups excluding carboxylic acids is 1. The normalized spacial score (nSPS) is 16.9. The lowest BCUT2D eigenvalue weighted by molar-refractivity contribution is -0.122. The molecule has 0 atom stereocenters. The van der Waals surface area contributed by atoms with Crippen molar-refractivity contribution in [2.75, 3.05) is 19.6 Å². The first-order chi connectivity index (χ1) is 11.5. The Hall–Kier alpha value is -1.36. The minimum absolute atomic E-state index is 0.215. The molecule has 0 aliphatic carbocycles. The molecule has 5 heteroatoms. The van der Waals surface area contributed by atoms with Crippen LogP contribution in [0.15, 0.2) is 12.4 Å². The molecule has 0 saturated carbocycles. The molecular formula is C19H34N4O. The first-order valence-corrected chi connectivity index (χ1v) is 9.49. The van der Waals surface area contributed by atoms with Gasteiger partial charge in [0, 0.05) is 43.9 Å². The van der Waals surface area contributed by atoms with E-state index in [1.807, 2.05) is 12.4 Å². The topological polar surface area (TPSA) is 50.2 Å². The van der Waals surface area contributed by atoms with Crippen LogP contribution < -0.4 is 5.32 Å². The summed E-state index contributed by atoms with van der Waals surface area (Å²) in [6, 6.07) is 0.624. The van der Waals surface area contributed by atoms with Gasteiger partial charge in [0.15, 0.2) is 0 Å². The Bertz CT molecular complexity index is 501. The molecule has 1 amide bonds. The van der Waals surface area contributed by atoms with Gasteiger partial charge in [-0.05, 0) is 52.1 Å². The molecule has 24 heavy (non-hydrogen) atoms. The molecule has 1 saturated heterocycles. The fourth-order valence-electron chi connectivity index (χ4n) is 3.50. The van der Waals surface area contributed by atoms with E-state index in [0.29, 0.717) is 24.3 Å². The summed E-state index contributed by atoms with van der Waals surface area (Å²) in [5.74, 6) is 2.33. The Balaban J connectivity index is 1.61. The second-order valence-electron chi connectivity index (χ2n) is 7.61. The van der Waals surface area contributed by atoms with Crippen molar-refractivity contribution >= 4 is 5.91 Å². The van der Waals surface area contributed by atoms with Gasteiger partial charge in [-0.25, -0.2) is 4.98 Å². The second kappa shape index (κ2) is 9.21. The number of hydrogen-bond donors (Lipinski definition) is 1. The predicted molar refractivity (Wildman–Crippen MR) is 98.0 cm³/mol. The number of hydrogen-bond acceptors (Lipinski definition) is 3. The van der Waals surface area contributed by atoms with Crippen LogP contribution in [0.1, 0.15) is 65.1 Å². The summed E-state index contributed by atoms with van der Waals surface area (Å²) in [6.07, 6.45) is 7.83. The highest BCUT2D eigenvalue weighted by Crippen LogP contribution is 2.21. The van der Waals surface area contributed by atoms with Gasteiger partial charge in [-0.2, -0.15) is 0 Å². The van der Waals surface area contributed by atoms with Gasteiger partial charge < -0.3 is 14.8 Å². The van der Waals surface area contributed by atoms with E-state index in [1.54, 1.807) is 0 Å². The lowest BCUT2D eigenvalue weighted by atomic mass is 9.92. The van der Waals surface area contributed by atoms with Gasteiger partial charge in [0.05, 0.1) is 0 Å². The van der Waals surface area contributed by atoms with Crippen LogP contribution in [0, 0.1) is 5.92 Å². The van der Waals surface area contributed by atoms with Gasteiger partial charge in [0.25, 0.3) is 0 Å². The minimum atomic E-state index is 0.215. The molecule has 1 aliphatic rings. The average Bonchev–Trinajstić information content (AvgIpc) is 3.01. The summed E-state index contributed by atoms with van der Waals surface area (Å²) in [4.78, 5) is 19.0. The molecule has 0 spiro atoms. The van der Waals surface area contributed by atoms with Crippen LogP contribution in [0.3, 0.4) is 0 Å². The van der Waals surface area contributed by atoms with Crippen molar-refractivity contribution in [3.8, 4) is 0 Å². The van der Waals surface area contributed by atoms with E-state index in [-0.39, 0.29) is 5.91 Å². The maximum absolute atomic E-state index is 12.1. The van der Waals surface area contributed by atoms with Crippen LogP contribution >= 0.6 is 0 Å². The Morgan fingerprint density at radius 3 is 2.62 bits per heavy atom. The first kappa shape index (κ1) is 19.0. The molecule has 2 heterocycles. The number of nitrogens with one attached hydrogen (secondary N) is 1. The van der Waals surface area contributed by atoms with Crippen molar-refractivity contribution in [2.45, 2.75) is 71.9 Å². The van der Waals surface area contributed by atoms with Crippen molar-refractivity contribution in [2.24, 2.45) is 5.92 Å². The molecule has 0 unspecified atom stereocenters. The summed E-state index contributed by atoms with van der Waals surface area (Å²) in [5, 5.41) is 3.09. The zero-order valence-corrected chi connectivity index (χ0v) is 15.8. The van der Waals surface area contributed by atoms with Crippen LogP contribution in [0.25, 0.3) is 0 Å². The molecular weight excluding hydrogens is 300 g/mol. The second-order valence-corrected chi connectivity index (χ2v) is 7.61. The van der Waals surface area contributed by atoms with Gasteiger partial charge in [-0.1, -0.05) is 13.8 Å². The first-order valence-electron chi connectivity index (χ1n) is 9.49. The predicted octanol–water partition coefficient (Wildman–Crippen LogP) is 3.02. The fraction of sp³-hybridized carbons (Fsp3) is 0.789. The van der Waals surface area contributed by atoms with Crippen LogP contribution in [0.5, 0.6) is 0 Å². The summed E-state index contributed by atoms with van der Waals surface area (Å²) < 4.78 is 2.19. The SMILES string of the molecule is CC(C)c1nccn1CCCNC(=O)CC1CCN(C(C)C)CC1. The van der Waals surface area contributed by atoms with Gasteiger partial charge >= 0.3 is 0 Å². The molecule has 1 aromatic heterocycles. The molecule has 1 N–H and O–H groups in total. The standard InChI is InChI=1S/C19H34N4O/c1-15(2)19-21-9-13-23(19)10-5-8-20-18(24)14-17-6-11-22(12-7-17)16(3)4/h9,13,15-17H,5-8,10-12,14H2,1-4H3,(H,20,24). The van der Waals surface area contributed by atoms with Gasteiger partial charge in [-0.3, -0.25) is 4.79 Å². The smallest absolute Gasteiger partial charge is 0.220 e. The van der Waals surface area contributed by atoms with E-state index >= 15 is 0 Å². The van der Waals surface area contributed by atoms with E-state index in [1.165, 1.54) is 0 Å². The number of aromatic nitrogens is 2. The molecule has 0 radical (unpaired) electrons. The van der Waals surface area contributed by atoms with Crippen LogP contribution in [0.2, 0.25) is 0 Å². The number of nitrogens with zero attached hydrogens (tertiary/aromatic N) is 3. The quantitative estimate of drug-likeness (QED) is 0.744. The van der Waals surface area contributed by atoms with Crippen molar-refractivity contribution in [3.05, 3.63) is 18.2 Å². The number of rotatable bonds is 8. The minimum Gasteiger partial charge on any atom is -0.356 e. The lowest BCUT2D eigenvalue weighted by Crippen LogP contribution is -2.39. The van der Waals surface area contributed by atoms with Crippen LogP contribution in [0.4, 0.5) is 0 Å². The summed E-state index contributed by atoms with van der Waals surface area (Å²) >= 11 is 0. The third-order valence-electron chi connectivity index (χ3n) is 5.02. The molecule has 1 aliphatic heterocycles. The van der Waals surface area contributed by atoms with Crippen molar-refractivity contribution in [1.82, 2.24) is 19.8 Å². The number of amides is 1. The van der Waals surface area contributed by atoms with Gasteiger partial charge in [0.2, 0.25) is 5.91 Å². The Morgan fingerprint density at radius 1 is 1.29 bits per heavy atom. The lowest BCUT2D eigenvalue weighted by Gasteiger charge is -2.34. The molecule has 2 rings (SSSR count). The number of imidazole rings is 1. The highest BCUT2D eigenvalue weighted by Gasteiger charge is 2.22. The number of aryl methyl sites for hydroxylation is 1. The fourth-order valence-corrected chi connectivity index (χ4v) is 3.50. The van der Waals surface area contributed by atoms with Crippen molar-refractivity contribution in [3.63, 3.8) is 0 Å². The van der Waals surface area contributed by atoms with E-state index in [4.69, 9.17) is 0 Å². The average molecular weight is 335 g/mol. The molecule has 1 aromatic rings. The molecule has 136 valence electrons. The van der Waals surface area contributed by atoms with Crippen LogP contribution in [-0.4, -0.2) is 46.0 Å². The maximum Gasteiger partial charge on any atom is 0.220 e. The highest BCUT2D eigenvalue weighted by molar-refractivity contribution is 5.76. The van der Waals surface area contributed by atoms with Crippen molar-refractivity contribution in [1.29, 1.82) is 0 Å². The zero-order valence-electron chi connectivity index (χ0n) is 15.8. The zero-order chi connectivity index (χ0) is 17.5. The monoisotopic (exact) mass is 334 g/mol.